The molecule has 1 N–H and O–H groups in total. The van der Waals surface area contributed by atoms with E-state index in [1.54, 1.807) is 19.1 Å². The monoisotopic (exact) mass is 304 g/mol. The molecule has 0 spiro atoms. The van der Waals surface area contributed by atoms with Crippen molar-refractivity contribution in [1.29, 1.82) is 0 Å². The van der Waals surface area contributed by atoms with E-state index in [2.05, 4.69) is 9.97 Å². The second-order valence-electron chi connectivity index (χ2n) is 3.84. The summed E-state index contributed by atoms with van der Waals surface area (Å²) >= 11 is 1.02. The molecule has 0 aliphatic carbocycles. The molecule has 108 valence electrons. The highest BCUT2D eigenvalue weighted by atomic mass is 32.2. The smallest absolute Gasteiger partial charge is 0.340 e. The third-order valence-electron chi connectivity index (χ3n) is 2.46. The van der Waals surface area contributed by atoms with Gasteiger partial charge < -0.3 is 9.84 Å². The van der Waals surface area contributed by atoms with Crippen LogP contribution in [0.5, 0.6) is 0 Å². The van der Waals surface area contributed by atoms with E-state index in [9.17, 15) is 9.59 Å². The largest absolute Gasteiger partial charge is 0.478 e. The van der Waals surface area contributed by atoms with Gasteiger partial charge in [-0.05, 0) is 43.0 Å². The van der Waals surface area contributed by atoms with E-state index in [1.165, 1.54) is 24.5 Å². The lowest BCUT2D eigenvalue weighted by molar-refractivity contribution is 0.0521. The number of hydrogen-bond donors (Lipinski definition) is 1. The van der Waals surface area contributed by atoms with E-state index in [0.717, 1.165) is 11.8 Å². The Hall–Kier alpha value is -2.41. The minimum atomic E-state index is -1.08. The minimum absolute atomic E-state index is 0.0583. The van der Waals surface area contributed by atoms with Gasteiger partial charge in [0.05, 0.1) is 17.7 Å². The van der Waals surface area contributed by atoms with Gasteiger partial charge in [-0.3, -0.25) is 0 Å². The number of carboxylic acids is 1. The first-order chi connectivity index (χ1) is 10.1. The quantitative estimate of drug-likeness (QED) is 0.849. The Bertz CT molecular complexity index is 676. The number of rotatable bonds is 5. The van der Waals surface area contributed by atoms with Crippen molar-refractivity contribution in [3.05, 3.63) is 47.8 Å². The molecule has 0 radical (unpaired) electrons. The van der Waals surface area contributed by atoms with Crippen molar-refractivity contribution in [2.45, 2.75) is 17.0 Å². The van der Waals surface area contributed by atoms with E-state index in [1.807, 2.05) is 0 Å². The highest BCUT2D eigenvalue weighted by molar-refractivity contribution is 7.99. The molecule has 6 nitrogen and oxygen atoms in total. The molecule has 0 bridgehead atoms. The summed E-state index contributed by atoms with van der Waals surface area (Å²) in [6.45, 7) is 1.96. The number of ether oxygens (including phenoxy) is 1. The van der Waals surface area contributed by atoms with Crippen LogP contribution in [0, 0.1) is 0 Å². The Morgan fingerprint density at radius 3 is 2.29 bits per heavy atom. The van der Waals surface area contributed by atoms with E-state index < -0.39 is 11.9 Å². The highest BCUT2D eigenvalue weighted by Crippen LogP contribution is 2.29. The fraction of sp³-hybridized carbons (Fsp3) is 0.143. The van der Waals surface area contributed by atoms with Crippen molar-refractivity contribution < 1.29 is 19.4 Å². The van der Waals surface area contributed by atoms with Gasteiger partial charge in [0, 0.05) is 12.4 Å². The summed E-state index contributed by atoms with van der Waals surface area (Å²) in [5, 5.41) is 9.77. The van der Waals surface area contributed by atoms with E-state index >= 15 is 0 Å². The van der Waals surface area contributed by atoms with E-state index in [-0.39, 0.29) is 22.8 Å². The van der Waals surface area contributed by atoms with Crippen LogP contribution >= 0.6 is 11.8 Å². The molecule has 0 aromatic carbocycles. The summed E-state index contributed by atoms with van der Waals surface area (Å²) in [6.07, 6.45) is 3.01. The number of nitrogens with zero attached hydrogens (tertiary/aromatic N) is 2. The molecular formula is C14H12N2O4S. The molecule has 0 atom stereocenters. The summed E-state index contributed by atoms with van der Waals surface area (Å²) in [5.74, 6) is -1.58. The lowest BCUT2D eigenvalue weighted by Crippen LogP contribution is -2.07. The molecular weight excluding hydrogens is 292 g/mol. The zero-order valence-corrected chi connectivity index (χ0v) is 12.0. The van der Waals surface area contributed by atoms with E-state index in [0.29, 0.717) is 5.03 Å². The van der Waals surface area contributed by atoms with Crippen molar-refractivity contribution in [2.24, 2.45) is 0 Å². The molecule has 0 fully saturated rings. The number of aromatic nitrogens is 2. The molecule has 21 heavy (non-hydrogen) atoms. The van der Waals surface area contributed by atoms with E-state index in [4.69, 9.17) is 9.84 Å². The molecule has 0 aliphatic heterocycles. The lowest BCUT2D eigenvalue weighted by atomic mass is 10.3. The first kappa shape index (κ1) is 15.0. The second kappa shape index (κ2) is 6.85. The van der Waals surface area contributed by atoms with Crippen molar-refractivity contribution in [1.82, 2.24) is 9.97 Å². The molecule has 0 aliphatic rings. The van der Waals surface area contributed by atoms with Crippen LogP contribution in [0.1, 0.15) is 27.6 Å². The van der Waals surface area contributed by atoms with Crippen LogP contribution in [0.15, 0.2) is 46.7 Å². The van der Waals surface area contributed by atoms with Gasteiger partial charge in [0.1, 0.15) is 10.1 Å². The van der Waals surface area contributed by atoms with Gasteiger partial charge in [0.2, 0.25) is 0 Å². The maximum Gasteiger partial charge on any atom is 0.340 e. The van der Waals surface area contributed by atoms with Crippen molar-refractivity contribution in [2.75, 3.05) is 6.61 Å². The third-order valence-corrected chi connectivity index (χ3v) is 3.50. The van der Waals surface area contributed by atoms with Gasteiger partial charge >= 0.3 is 11.9 Å². The third kappa shape index (κ3) is 3.57. The predicted octanol–water partition coefficient (Wildman–Crippen LogP) is 2.50. The molecule has 0 saturated carbocycles. The van der Waals surface area contributed by atoms with Crippen LogP contribution in [-0.4, -0.2) is 33.6 Å². The van der Waals surface area contributed by atoms with Gasteiger partial charge in [-0.15, -0.1) is 0 Å². The second-order valence-corrected chi connectivity index (χ2v) is 4.82. The van der Waals surface area contributed by atoms with Crippen molar-refractivity contribution in [3.8, 4) is 0 Å². The zero-order chi connectivity index (χ0) is 15.2. The average Bonchev–Trinajstić information content (AvgIpc) is 2.48. The molecule has 7 heteroatoms. The lowest BCUT2D eigenvalue weighted by Gasteiger charge is -2.08. The summed E-state index contributed by atoms with van der Waals surface area (Å²) in [5.41, 5.74) is 0.342. The minimum Gasteiger partial charge on any atom is -0.478 e. The molecule has 2 heterocycles. The standard InChI is InChI=1S/C14H12N2O4S/c1-2-20-14(19)10-6-4-8-16-12(10)21-11-9(13(17)18)5-3-7-15-11/h3-8H,2H2,1H3,(H,17,18). The summed E-state index contributed by atoms with van der Waals surface area (Å²) in [6, 6.07) is 6.19. The SMILES string of the molecule is CCOC(=O)c1cccnc1Sc1ncccc1C(=O)O. The molecule has 2 aromatic rings. The average molecular weight is 304 g/mol. The van der Waals surface area contributed by atoms with Gasteiger partial charge in [-0.1, -0.05) is 0 Å². The Morgan fingerprint density at radius 2 is 1.71 bits per heavy atom. The molecule has 0 unspecified atom stereocenters. The topological polar surface area (TPSA) is 89.4 Å². The normalized spacial score (nSPS) is 10.1. The first-order valence-corrected chi connectivity index (χ1v) is 6.93. The molecule has 2 aromatic heterocycles. The van der Waals surface area contributed by atoms with Gasteiger partial charge in [0.15, 0.2) is 0 Å². The first-order valence-electron chi connectivity index (χ1n) is 6.11. The molecule has 0 saturated heterocycles. The number of pyridine rings is 2. The summed E-state index contributed by atoms with van der Waals surface area (Å²) in [4.78, 5) is 31.2. The number of hydrogen-bond acceptors (Lipinski definition) is 6. The number of carbonyl (C=O) groups excluding carboxylic acids is 1. The molecule has 2 rings (SSSR count). The van der Waals surface area contributed by atoms with Crippen LogP contribution in [0.3, 0.4) is 0 Å². The molecule has 0 amide bonds. The van der Waals surface area contributed by atoms with Crippen LogP contribution < -0.4 is 0 Å². The number of carboxylic acid groups (broad SMARTS) is 1. The van der Waals surface area contributed by atoms with Gasteiger partial charge in [-0.2, -0.15) is 0 Å². The Morgan fingerprint density at radius 1 is 1.14 bits per heavy atom. The number of esters is 1. The van der Waals surface area contributed by atoms with Crippen LogP contribution in [-0.2, 0) is 4.74 Å². The van der Waals surface area contributed by atoms with Crippen LogP contribution in [0.25, 0.3) is 0 Å². The van der Waals surface area contributed by atoms with Crippen molar-refractivity contribution >= 4 is 23.7 Å². The van der Waals surface area contributed by atoms with Crippen molar-refractivity contribution in [3.63, 3.8) is 0 Å². The zero-order valence-electron chi connectivity index (χ0n) is 11.1. The fourth-order valence-electron chi connectivity index (χ4n) is 1.56. The maximum absolute atomic E-state index is 11.9. The van der Waals surface area contributed by atoms with Gasteiger partial charge in [-0.25, -0.2) is 19.6 Å². The number of aromatic carboxylic acids is 1. The Labute approximate surface area is 125 Å². The Balaban J connectivity index is 2.37. The summed E-state index contributed by atoms with van der Waals surface area (Å²) in [7, 11) is 0. The Kier molecular flexibility index (Phi) is 4.89. The maximum atomic E-state index is 11.9. The number of carbonyl (C=O) groups is 2. The predicted molar refractivity (Wildman–Crippen MR) is 75.5 cm³/mol. The van der Waals surface area contributed by atoms with Crippen LogP contribution in [0.2, 0.25) is 0 Å². The summed E-state index contributed by atoms with van der Waals surface area (Å²) < 4.78 is 4.95. The fourth-order valence-corrected chi connectivity index (χ4v) is 2.50. The highest BCUT2D eigenvalue weighted by Gasteiger charge is 2.18. The van der Waals surface area contributed by atoms with Crippen LogP contribution in [0.4, 0.5) is 0 Å². The van der Waals surface area contributed by atoms with Gasteiger partial charge in [0.25, 0.3) is 0 Å².